The van der Waals surface area contributed by atoms with Gasteiger partial charge >= 0.3 is 0 Å². The molecule has 0 amide bonds. The van der Waals surface area contributed by atoms with Crippen molar-refractivity contribution < 1.29 is 9.47 Å². The van der Waals surface area contributed by atoms with Crippen LogP contribution in [0.3, 0.4) is 0 Å². The summed E-state index contributed by atoms with van der Waals surface area (Å²) in [5.74, 6) is 1.64. The summed E-state index contributed by atoms with van der Waals surface area (Å²) in [6, 6.07) is 15.4. The van der Waals surface area contributed by atoms with E-state index in [9.17, 15) is 0 Å². The lowest BCUT2D eigenvalue weighted by molar-refractivity contribution is 0.335. The molecule has 0 aromatic heterocycles. The SMILES string of the molecule is CCOc1ccccc1C(N)c1cccc(OC)c1. The van der Waals surface area contributed by atoms with Gasteiger partial charge in [-0.05, 0) is 30.7 Å². The van der Waals surface area contributed by atoms with E-state index in [1.165, 1.54) is 0 Å². The van der Waals surface area contributed by atoms with Gasteiger partial charge in [-0.3, -0.25) is 0 Å². The smallest absolute Gasteiger partial charge is 0.124 e. The summed E-state index contributed by atoms with van der Waals surface area (Å²) in [4.78, 5) is 0. The van der Waals surface area contributed by atoms with E-state index in [1.807, 2.05) is 55.5 Å². The summed E-state index contributed by atoms with van der Waals surface area (Å²) < 4.78 is 10.9. The van der Waals surface area contributed by atoms with Crippen molar-refractivity contribution in [1.82, 2.24) is 0 Å². The molecule has 3 heteroatoms. The third kappa shape index (κ3) is 3.06. The Morgan fingerprint density at radius 3 is 2.63 bits per heavy atom. The Morgan fingerprint density at radius 2 is 1.89 bits per heavy atom. The van der Waals surface area contributed by atoms with Gasteiger partial charge in [0.2, 0.25) is 0 Å². The second kappa shape index (κ2) is 6.25. The van der Waals surface area contributed by atoms with E-state index in [-0.39, 0.29) is 6.04 Å². The van der Waals surface area contributed by atoms with Gasteiger partial charge in [0.05, 0.1) is 19.8 Å². The van der Waals surface area contributed by atoms with Crippen LogP contribution in [0, 0.1) is 0 Å². The third-order valence-electron chi connectivity index (χ3n) is 3.01. The number of hydrogen-bond acceptors (Lipinski definition) is 3. The second-order valence-corrected chi connectivity index (χ2v) is 4.23. The lowest BCUT2D eigenvalue weighted by atomic mass is 9.98. The van der Waals surface area contributed by atoms with E-state index in [2.05, 4.69) is 0 Å². The first-order chi connectivity index (χ1) is 9.26. The average molecular weight is 257 g/mol. The van der Waals surface area contributed by atoms with Gasteiger partial charge in [0.1, 0.15) is 11.5 Å². The van der Waals surface area contributed by atoms with Crippen LogP contribution in [-0.4, -0.2) is 13.7 Å². The molecule has 0 saturated heterocycles. The fourth-order valence-electron chi connectivity index (χ4n) is 2.04. The van der Waals surface area contributed by atoms with Crippen molar-refractivity contribution in [2.75, 3.05) is 13.7 Å². The van der Waals surface area contributed by atoms with Crippen LogP contribution in [0.4, 0.5) is 0 Å². The molecule has 0 aliphatic heterocycles. The Kier molecular flexibility index (Phi) is 4.42. The minimum Gasteiger partial charge on any atom is -0.497 e. The quantitative estimate of drug-likeness (QED) is 0.895. The Labute approximate surface area is 114 Å². The van der Waals surface area contributed by atoms with Crippen molar-refractivity contribution in [2.45, 2.75) is 13.0 Å². The first kappa shape index (κ1) is 13.4. The molecule has 3 nitrogen and oxygen atoms in total. The number of nitrogens with two attached hydrogens (primary N) is 1. The molecular weight excluding hydrogens is 238 g/mol. The number of ether oxygens (including phenoxy) is 2. The molecule has 0 saturated carbocycles. The molecule has 0 radical (unpaired) electrons. The molecule has 19 heavy (non-hydrogen) atoms. The molecular formula is C16H19NO2. The fraction of sp³-hybridized carbons (Fsp3) is 0.250. The van der Waals surface area contributed by atoms with E-state index < -0.39 is 0 Å². The average Bonchev–Trinajstić information content (AvgIpc) is 2.47. The maximum atomic E-state index is 6.34. The molecule has 0 heterocycles. The van der Waals surface area contributed by atoms with Gasteiger partial charge in [-0.25, -0.2) is 0 Å². The molecule has 100 valence electrons. The number of hydrogen-bond donors (Lipinski definition) is 1. The summed E-state index contributed by atoms with van der Waals surface area (Å²) in [7, 11) is 1.65. The number of rotatable bonds is 5. The first-order valence-corrected chi connectivity index (χ1v) is 6.37. The van der Waals surface area contributed by atoms with Crippen LogP contribution in [0.25, 0.3) is 0 Å². The minimum atomic E-state index is -0.224. The van der Waals surface area contributed by atoms with E-state index in [0.717, 1.165) is 22.6 Å². The number of benzene rings is 2. The van der Waals surface area contributed by atoms with Gasteiger partial charge in [-0.1, -0.05) is 30.3 Å². The first-order valence-electron chi connectivity index (χ1n) is 6.37. The molecule has 0 spiro atoms. The topological polar surface area (TPSA) is 44.5 Å². The van der Waals surface area contributed by atoms with Crippen molar-refractivity contribution >= 4 is 0 Å². The van der Waals surface area contributed by atoms with Crippen LogP contribution in [0.2, 0.25) is 0 Å². The lowest BCUT2D eigenvalue weighted by Crippen LogP contribution is -2.13. The third-order valence-corrected chi connectivity index (χ3v) is 3.01. The molecule has 1 unspecified atom stereocenters. The van der Waals surface area contributed by atoms with Gasteiger partial charge in [0.15, 0.2) is 0 Å². The van der Waals surface area contributed by atoms with Crippen LogP contribution >= 0.6 is 0 Å². The van der Waals surface area contributed by atoms with Gasteiger partial charge in [-0.2, -0.15) is 0 Å². The van der Waals surface area contributed by atoms with Crippen LogP contribution in [0.5, 0.6) is 11.5 Å². The van der Waals surface area contributed by atoms with Crippen LogP contribution < -0.4 is 15.2 Å². The van der Waals surface area contributed by atoms with Gasteiger partial charge in [0.25, 0.3) is 0 Å². The van der Waals surface area contributed by atoms with Gasteiger partial charge in [-0.15, -0.1) is 0 Å². The van der Waals surface area contributed by atoms with E-state index in [0.29, 0.717) is 6.61 Å². The highest BCUT2D eigenvalue weighted by Gasteiger charge is 2.14. The molecule has 2 rings (SSSR count). The summed E-state index contributed by atoms with van der Waals surface area (Å²) in [5, 5.41) is 0. The number of para-hydroxylation sites is 1. The molecule has 2 aromatic carbocycles. The second-order valence-electron chi connectivity index (χ2n) is 4.23. The predicted octanol–water partition coefficient (Wildman–Crippen LogP) is 3.14. The van der Waals surface area contributed by atoms with Crippen molar-refractivity contribution in [2.24, 2.45) is 5.73 Å². The number of methoxy groups -OCH3 is 1. The zero-order chi connectivity index (χ0) is 13.7. The molecule has 1 atom stereocenters. The lowest BCUT2D eigenvalue weighted by Gasteiger charge is -2.17. The summed E-state index contributed by atoms with van der Waals surface area (Å²) >= 11 is 0. The van der Waals surface area contributed by atoms with Crippen LogP contribution in [0.1, 0.15) is 24.1 Å². The summed E-state index contributed by atoms with van der Waals surface area (Å²) in [6.45, 7) is 2.59. The molecule has 0 aliphatic carbocycles. The van der Waals surface area contributed by atoms with Crippen molar-refractivity contribution in [3.8, 4) is 11.5 Å². The zero-order valence-electron chi connectivity index (χ0n) is 11.3. The fourth-order valence-corrected chi connectivity index (χ4v) is 2.04. The Balaban J connectivity index is 2.35. The maximum Gasteiger partial charge on any atom is 0.124 e. The Bertz CT molecular complexity index is 540. The maximum absolute atomic E-state index is 6.34. The minimum absolute atomic E-state index is 0.224. The monoisotopic (exact) mass is 257 g/mol. The highest BCUT2D eigenvalue weighted by molar-refractivity contribution is 5.43. The van der Waals surface area contributed by atoms with E-state index in [1.54, 1.807) is 7.11 Å². The molecule has 0 bridgehead atoms. The van der Waals surface area contributed by atoms with Crippen molar-refractivity contribution in [3.63, 3.8) is 0 Å². The van der Waals surface area contributed by atoms with E-state index in [4.69, 9.17) is 15.2 Å². The largest absolute Gasteiger partial charge is 0.497 e. The summed E-state index contributed by atoms with van der Waals surface area (Å²) in [5.41, 5.74) is 8.33. The molecule has 2 N–H and O–H groups in total. The van der Waals surface area contributed by atoms with E-state index >= 15 is 0 Å². The highest BCUT2D eigenvalue weighted by atomic mass is 16.5. The molecule has 2 aromatic rings. The molecule has 0 aliphatic rings. The predicted molar refractivity (Wildman–Crippen MR) is 76.6 cm³/mol. The zero-order valence-corrected chi connectivity index (χ0v) is 11.3. The van der Waals surface area contributed by atoms with Gasteiger partial charge in [0, 0.05) is 5.56 Å². The van der Waals surface area contributed by atoms with Crippen molar-refractivity contribution in [1.29, 1.82) is 0 Å². The standard InChI is InChI=1S/C16H19NO2/c1-3-19-15-10-5-4-9-14(15)16(17)12-7-6-8-13(11-12)18-2/h4-11,16H,3,17H2,1-2H3. The van der Waals surface area contributed by atoms with Gasteiger partial charge < -0.3 is 15.2 Å². The Hall–Kier alpha value is -2.00. The van der Waals surface area contributed by atoms with Crippen LogP contribution in [0.15, 0.2) is 48.5 Å². The van der Waals surface area contributed by atoms with Crippen molar-refractivity contribution in [3.05, 3.63) is 59.7 Å². The van der Waals surface area contributed by atoms with Crippen LogP contribution in [-0.2, 0) is 0 Å². The normalized spacial score (nSPS) is 11.9. The summed E-state index contributed by atoms with van der Waals surface area (Å²) in [6.07, 6.45) is 0. The Morgan fingerprint density at radius 1 is 1.11 bits per heavy atom. The molecule has 0 fully saturated rings. The highest BCUT2D eigenvalue weighted by Crippen LogP contribution is 2.29.